The number of phenols is 2. The average Bonchev–Trinajstić information content (AvgIpc) is 2.57. The molecule has 9 nitrogen and oxygen atoms in total. The van der Waals surface area contributed by atoms with E-state index >= 15 is 0 Å². The standard InChI is InChI=1S/C9H11NO5.C6H12N2O/c10-7(9(14)15)8(13)4-1-2-5(11)6(12)3-4;7-6(9)8-4-2-1-3-5-8/h1-3,7-8,11-13H,10H2,(H,14,15);1-5H2,(H2,7,9)/t7-,8?;/m0./s1. The number of aliphatic hydroxyl groups excluding tert-OH is 1. The zero-order valence-electron chi connectivity index (χ0n) is 13.1. The van der Waals surface area contributed by atoms with Gasteiger partial charge in [-0.2, -0.15) is 0 Å². The van der Waals surface area contributed by atoms with Crippen molar-refractivity contribution in [3.8, 4) is 11.5 Å². The molecule has 1 aliphatic rings. The second kappa shape index (κ2) is 8.94. The fourth-order valence-corrected chi connectivity index (χ4v) is 2.18. The van der Waals surface area contributed by atoms with Crippen LogP contribution in [0.4, 0.5) is 4.79 Å². The minimum atomic E-state index is -1.48. The summed E-state index contributed by atoms with van der Waals surface area (Å²) in [4.78, 5) is 22.7. The Kier molecular flexibility index (Phi) is 7.28. The molecule has 2 amide bonds. The van der Waals surface area contributed by atoms with Gasteiger partial charge < -0.3 is 36.8 Å². The number of hydrogen-bond acceptors (Lipinski definition) is 6. The van der Waals surface area contributed by atoms with E-state index in [1.807, 2.05) is 0 Å². The number of amides is 2. The number of nitrogens with two attached hydrogens (primary N) is 2. The molecule has 2 atom stereocenters. The molecule has 1 fully saturated rings. The van der Waals surface area contributed by atoms with Crippen LogP contribution in [0.3, 0.4) is 0 Å². The number of carbonyl (C=O) groups excluding carboxylic acids is 1. The summed E-state index contributed by atoms with van der Waals surface area (Å²) in [6, 6.07) is 1.73. The number of hydrogen-bond donors (Lipinski definition) is 6. The van der Waals surface area contributed by atoms with Gasteiger partial charge in [0.05, 0.1) is 0 Å². The molecule has 2 rings (SSSR count). The summed E-state index contributed by atoms with van der Waals surface area (Å²) >= 11 is 0. The summed E-state index contributed by atoms with van der Waals surface area (Å²) < 4.78 is 0. The molecule has 1 unspecified atom stereocenters. The summed E-state index contributed by atoms with van der Waals surface area (Å²) in [7, 11) is 0. The number of benzene rings is 1. The van der Waals surface area contributed by atoms with Crippen molar-refractivity contribution in [1.29, 1.82) is 0 Å². The van der Waals surface area contributed by atoms with Crippen LogP contribution in [0.15, 0.2) is 18.2 Å². The number of primary amides is 1. The van der Waals surface area contributed by atoms with Crippen molar-refractivity contribution in [2.75, 3.05) is 13.1 Å². The third-order valence-corrected chi connectivity index (χ3v) is 3.63. The molecule has 24 heavy (non-hydrogen) atoms. The van der Waals surface area contributed by atoms with Gasteiger partial charge in [0.25, 0.3) is 0 Å². The predicted octanol–water partition coefficient (Wildman–Crippen LogP) is 0.0941. The van der Waals surface area contributed by atoms with Gasteiger partial charge in [-0.05, 0) is 37.0 Å². The Labute approximate surface area is 139 Å². The fourth-order valence-electron chi connectivity index (χ4n) is 2.18. The normalized spacial score (nSPS) is 16.5. The van der Waals surface area contributed by atoms with Gasteiger partial charge in [-0.1, -0.05) is 6.07 Å². The minimum Gasteiger partial charge on any atom is -0.504 e. The van der Waals surface area contributed by atoms with E-state index in [4.69, 9.17) is 26.8 Å². The van der Waals surface area contributed by atoms with Gasteiger partial charge in [0.1, 0.15) is 12.1 Å². The maximum Gasteiger partial charge on any atom is 0.323 e. The lowest BCUT2D eigenvalue weighted by atomic mass is 10.0. The zero-order chi connectivity index (χ0) is 18.3. The number of likely N-dealkylation sites (tertiary alicyclic amines) is 1. The lowest BCUT2D eigenvalue weighted by Gasteiger charge is -2.24. The molecule has 1 aliphatic heterocycles. The molecular weight excluding hydrogens is 318 g/mol. The molecule has 9 heteroatoms. The van der Waals surface area contributed by atoms with Crippen LogP contribution in [0.2, 0.25) is 0 Å². The molecule has 0 bridgehead atoms. The van der Waals surface area contributed by atoms with E-state index in [-0.39, 0.29) is 17.3 Å². The fraction of sp³-hybridized carbons (Fsp3) is 0.467. The van der Waals surface area contributed by atoms with E-state index in [0.717, 1.165) is 38.1 Å². The molecule has 0 spiro atoms. The number of carboxylic acids is 1. The molecule has 134 valence electrons. The number of carbonyl (C=O) groups is 2. The molecule has 1 saturated heterocycles. The van der Waals surface area contributed by atoms with Crippen LogP contribution >= 0.6 is 0 Å². The monoisotopic (exact) mass is 341 g/mol. The summed E-state index contributed by atoms with van der Waals surface area (Å²) in [5.74, 6) is -2.14. The van der Waals surface area contributed by atoms with Gasteiger partial charge in [-0.15, -0.1) is 0 Å². The number of rotatable bonds is 3. The van der Waals surface area contributed by atoms with E-state index in [2.05, 4.69) is 0 Å². The van der Waals surface area contributed by atoms with Crippen LogP contribution in [-0.4, -0.2) is 56.5 Å². The second-order valence-corrected chi connectivity index (χ2v) is 5.44. The van der Waals surface area contributed by atoms with Crippen LogP contribution in [0, 0.1) is 0 Å². The first-order chi connectivity index (χ1) is 11.2. The Bertz CT molecular complexity index is 574. The van der Waals surface area contributed by atoms with E-state index in [1.54, 1.807) is 4.90 Å². The average molecular weight is 341 g/mol. The van der Waals surface area contributed by atoms with Gasteiger partial charge in [0.2, 0.25) is 0 Å². The highest BCUT2D eigenvalue weighted by molar-refractivity contribution is 5.74. The maximum absolute atomic E-state index is 10.5. The molecule has 8 N–H and O–H groups in total. The Morgan fingerprint density at radius 3 is 2.08 bits per heavy atom. The highest BCUT2D eigenvalue weighted by Crippen LogP contribution is 2.28. The smallest absolute Gasteiger partial charge is 0.323 e. The van der Waals surface area contributed by atoms with E-state index < -0.39 is 23.9 Å². The first-order valence-corrected chi connectivity index (χ1v) is 7.46. The molecule has 0 aliphatic carbocycles. The molecule has 1 aromatic rings. The quantitative estimate of drug-likeness (QED) is 0.423. The second-order valence-electron chi connectivity index (χ2n) is 5.44. The Morgan fingerprint density at radius 2 is 1.67 bits per heavy atom. The summed E-state index contributed by atoms with van der Waals surface area (Å²) in [6.07, 6.45) is 2.03. The van der Waals surface area contributed by atoms with Crippen molar-refractivity contribution in [2.45, 2.75) is 31.4 Å². The summed E-state index contributed by atoms with van der Waals surface area (Å²) in [5, 5.41) is 36.1. The van der Waals surface area contributed by atoms with E-state index in [9.17, 15) is 14.7 Å². The number of aromatic hydroxyl groups is 2. The Hall–Kier alpha value is -2.52. The van der Waals surface area contributed by atoms with Gasteiger partial charge in [-0.3, -0.25) is 4.79 Å². The van der Waals surface area contributed by atoms with Gasteiger partial charge in [-0.25, -0.2) is 4.79 Å². The summed E-state index contributed by atoms with van der Waals surface area (Å²) in [5.41, 5.74) is 10.4. The highest BCUT2D eigenvalue weighted by atomic mass is 16.4. The van der Waals surface area contributed by atoms with Crippen LogP contribution in [0.5, 0.6) is 11.5 Å². The Balaban J connectivity index is 0.000000272. The van der Waals surface area contributed by atoms with Crippen molar-refractivity contribution in [3.63, 3.8) is 0 Å². The lowest BCUT2D eigenvalue weighted by Crippen LogP contribution is -2.39. The molecule has 0 saturated carbocycles. The van der Waals surface area contributed by atoms with Crippen molar-refractivity contribution in [2.24, 2.45) is 11.5 Å². The molecule has 0 radical (unpaired) electrons. The number of nitrogens with zero attached hydrogens (tertiary/aromatic N) is 1. The van der Waals surface area contributed by atoms with Crippen LogP contribution < -0.4 is 11.5 Å². The van der Waals surface area contributed by atoms with Crippen molar-refractivity contribution < 1.29 is 30.0 Å². The number of piperidine rings is 1. The van der Waals surface area contributed by atoms with Crippen LogP contribution in [0.25, 0.3) is 0 Å². The van der Waals surface area contributed by atoms with Crippen LogP contribution in [-0.2, 0) is 4.79 Å². The highest BCUT2D eigenvalue weighted by Gasteiger charge is 2.24. The third-order valence-electron chi connectivity index (χ3n) is 3.63. The number of urea groups is 1. The van der Waals surface area contributed by atoms with Gasteiger partial charge in [0.15, 0.2) is 11.5 Å². The minimum absolute atomic E-state index is 0.125. The molecule has 0 aromatic heterocycles. The number of carboxylic acid groups (broad SMARTS) is 1. The molecular formula is C15H23N3O6. The third kappa shape index (κ3) is 5.60. The topological polar surface area (TPSA) is 170 Å². The van der Waals surface area contributed by atoms with Crippen molar-refractivity contribution >= 4 is 12.0 Å². The zero-order valence-corrected chi connectivity index (χ0v) is 13.1. The molecule has 1 aromatic carbocycles. The molecule has 1 heterocycles. The first-order valence-electron chi connectivity index (χ1n) is 7.46. The van der Waals surface area contributed by atoms with Crippen molar-refractivity contribution in [3.05, 3.63) is 23.8 Å². The maximum atomic E-state index is 10.5. The number of aliphatic carboxylic acids is 1. The summed E-state index contributed by atoms with van der Waals surface area (Å²) in [6.45, 7) is 1.71. The number of phenolic OH excluding ortho intramolecular Hbond substituents is 2. The largest absolute Gasteiger partial charge is 0.504 e. The van der Waals surface area contributed by atoms with Gasteiger partial charge in [0, 0.05) is 13.1 Å². The first kappa shape index (κ1) is 19.5. The Morgan fingerprint density at radius 1 is 1.08 bits per heavy atom. The van der Waals surface area contributed by atoms with E-state index in [1.165, 1.54) is 12.5 Å². The van der Waals surface area contributed by atoms with Crippen molar-refractivity contribution in [1.82, 2.24) is 4.90 Å². The lowest BCUT2D eigenvalue weighted by molar-refractivity contribution is -0.141. The SMILES string of the molecule is NC(=O)N1CCCCC1.N[C@H](C(=O)O)C(O)c1ccc(O)c(O)c1. The predicted molar refractivity (Wildman–Crippen MR) is 85.4 cm³/mol. The van der Waals surface area contributed by atoms with Gasteiger partial charge >= 0.3 is 12.0 Å². The van der Waals surface area contributed by atoms with E-state index in [0.29, 0.717) is 0 Å². The van der Waals surface area contributed by atoms with Crippen LogP contribution in [0.1, 0.15) is 30.9 Å². The number of aliphatic hydroxyl groups is 1.